The Morgan fingerprint density at radius 2 is 1.54 bits per heavy atom. The van der Waals surface area contributed by atoms with Crippen LogP contribution in [0.4, 0.5) is 0 Å². The second-order valence-electron chi connectivity index (χ2n) is 4.96. The van der Waals surface area contributed by atoms with Gasteiger partial charge in [0.05, 0.1) is 19.8 Å². The molecular weight excluding hydrogens is 304 g/mol. The summed E-state index contributed by atoms with van der Waals surface area (Å²) in [5.41, 5.74) is 2.18. The fourth-order valence-corrected chi connectivity index (χ4v) is 2.01. The Hall–Kier alpha value is -3.14. The fraction of sp³-hybridized carbons (Fsp3) is 0.100. The van der Waals surface area contributed by atoms with Crippen molar-refractivity contribution in [1.29, 1.82) is 0 Å². The van der Waals surface area contributed by atoms with Crippen LogP contribution in [0.25, 0.3) is 12.2 Å². The van der Waals surface area contributed by atoms with Gasteiger partial charge in [0, 0.05) is 0 Å². The molecule has 0 saturated carbocycles. The Labute approximate surface area is 141 Å². The fourth-order valence-electron chi connectivity index (χ4n) is 2.01. The van der Waals surface area contributed by atoms with E-state index in [9.17, 15) is 9.59 Å². The molecule has 0 heterocycles. The minimum absolute atomic E-state index is 0.130. The van der Waals surface area contributed by atoms with Gasteiger partial charge in [-0.3, -0.25) is 4.79 Å². The lowest BCUT2D eigenvalue weighted by molar-refractivity contribution is -0.110. The van der Waals surface area contributed by atoms with Crippen LogP contribution in [-0.2, 0) is 9.53 Å². The van der Waals surface area contributed by atoms with Crippen molar-refractivity contribution in [2.24, 2.45) is 0 Å². The van der Waals surface area contributed by atoms with Crippen molar-refractivity contribution >= 4 is 23.9 Å². The molecular formula is C20H18O4. The van der Waals surface area contributed by atoms with Gasteiger partial charge in [0.1, 0.15) is 5.75 Å². The highest BCUT2D eigenvalue weighted by Gasteiger charge is 2.03. The highest BCUT2D eigenvalue weighted by Crippen LogP contribution is 2.13. The topological polar surface area (TPSA) is 52.6 Å². The molecule has 24 heavy (non-hydrogen) atoms. The van der Waals surface area contributed by atoms with Gasteiger partial charge in [-0.05, 0) is 47.5 Å². The third kappa shape index (κ3) is 4.95. The number of hydrogen-bond acceptors (Lipinski definition) is 4. The maximum Gasteiger partial charge on any atom is 0.337 e. The number of ketones is 1. The van der Waals surface area contributed by atoms with Gasteiger partial charge < -0.3 is 9.47 Å². The lowest BCUT2D eigenvalue weighted by atomic mass is 10.1. The van der Waals surface area contributed by atoms with Crippen molar-refractivity contribution in [3.05, 3.63) is 77.4 Å². The maximum absolute atomic E-state index is 11.9. The average Bonchev–Trinajstić information content (AvgIpc) is 2.64. The number of esters is 1. The summed E-state index contributed by atoms with van der Waals surface area (Å²) in [6.45, 7) is 0. The standard InChI is InChI=1S/C20H18O4/c1-23-19-5-3-4-16(14-19)9-13-18(21)12-8-15-6-10-17(11-7-15)20(22)24-2/h3-14H,1-2H3/b12-8+,13-9+. The summed E-state index contributed by atoms with van der Waals surface area (Å²) in [5, 5.41) is 0. The molecule has 0 aliphatic carbocycles. The molecule has 0 aromatic heterocycles. The van der Waals surface area contributed by atoms with Gasteiger partial charge in [0.25, 0.3) is 0 Å². The summed E-state index contributed by atoms with van der Waals surface area (Å²) in [6.07, 6.45) is 6.40. The van der Waals surface area contributed by atoms with Crippen LogP contribution in [-0.4, -0.2) is 26.0 Å². The molecule has 0 unspecified atom stereocenters. The molecule has 2 aromatic rings. The van der Waals surface area contributed by atoms with Gasteiger partial charge in [-0.1, -0.05) is 36.4 Å². The van der Waals surface area contributed by atoms with E-state index in [-0.39, 0.29) is 11.8 Å². The lowest BCUT2D eigenvalue weighted by Crippen LogP contribution is -2.00. The van der Waals surface area contributed by atoms with Crippen molar-refractivity contribution in [3.8, 4) is 5.75 Å². The Bertz CT molecular complexity index is 770. The highest BCUT2D eigenvalue weighted by atomic mass is 16.5. The number of rotatable bonds is 6. The minimum atomic E-state index is -0.386. The third-order valence-corrected chi connectivity index (χ3v) is 3.31. The van der Waals surface area contributed by atoms with E-state index in [1.807, 2.05) is 24.3 Å². The van der Waals surface area contributed by atoms with Gasteiger partial charge in [-0.15, -0.1) is 0 Å². The number of benzene rings is 2. The summed E-state index contributed by atoms with van der Waals surface area (Å²) < 4.78 is 9.77. The van der Waals surface area contributed by atoms with E-state index < -0.39 is 0 Å². The zero-order valence-corrected chi connectivity index (χ0v) is 13.6. The predicted octanol–water partition coefficient (Wildman–Crippen LogP) is 3.78. The van der Waals surface area contributed by atoms with E-state index in [1.165, 1.54) is 19.3 Å². The number of allylic oxidation sites excluding steroid dienone is 2. The molecule has 0 amide bonds. The predicted molar refractivity (Wildman–Crippen MR) is 93.9 cm³/mol. The van der Waals surface area contributed by atoms with Crippen LogP contribution in [0, 0.1) is 0 Å². The molecule has 0 N–H and O–H groups in total. The average molecular weight is 322 g/mol. The molecule has 2 rings (SSSR count). The quantitative estimate of drug-likeness (QED) is 0.600. The second kappa shape index (κ2) is 8.48. The summed E-state index contributed by atoms with van der Waals surface area (Å²) in [7, 11) is 2.94. The molecule has 0 bridgehead atoms. The van der Waals surface area contributed by atoms with E-state index in [0.717, 1.165) is 16.9 Å². The van der Waals surface area contributed by atoms with Gasteiger partial charge >= 0.3 is 5.97 Å². The van der Waals surface area contributed by atoms with E-state index in [4.69, 9.17) is 4.74 Å². The largest absolute Gasteiger partial charge is 0.497 e. The molecule has 0 aliphatic rings. The monoisotopic (exact) mass is 322 g/mol. The molecule has 0 spiro atoms. The van der Waals surface area contributed by atoms with Crippen LogP contribution < -0.4 is 4.74 Å². The molecule has 0 saturated heterocycles. The Kier molecular flexibility index (Phi) is 6.08. The molecule has 0 aliphatic heterocycles. The van der Waals surface area contributed by atoms with Crippen LogP contribution in [0.1, 0.15) is 21.5 Å². The van der Waals surface area contributed by atoms with Crippen molar-refractivity contribution in [2.75, 3.05) is 14.2 Å². The number of ether oxygens (including phenoxy) is 2. The summed E-state index contributed by atoms with van der Waals surface area (Å²) >= 11 is 0. The van der Waals surface area contributed by atoms with Crippen LogP contribution in [0.5, 0.6) is 5.75 Å². The van der Waals surface area contributed by atoms with E-state index in [0.29, 0.717) is 5.56 Å². The van der Waals surface area contributed by atoms with E-state index in [2.05, 4.69) is 4.74 Å². The Morgan fingerprint density at radius 1 is 0.875 bits per heavy atom. The number of carbonyl (C=O) groups excluding carboxylic acids is 2. The molecule has 0 radical (unpaired) electrons. The van der Waals surface area contributed by atoms with Gasteiger partial charge in [0.15, 0.2) is 5.78 Å². The lowest BCUT2D eigenvalue weighted by Gasteiger charge is -1.99. The number of carbonyl (C=O) groups is 2. The zero-order valence-electron chi connectivity index (χ0n) is 13.6. The van der Waals surface area contributed by atoms with Crippen LogP contribution >= 0.6 is 0 Å². The third-order valence-electron chi connectivity index (χ3n) is 3.31. The van der Waals surface area contributed by atoms with Crippen molar-refractivity contribution < 1.29 is 19.1 Å². The van der Waals surface area contributed by atoms with Crippen LogP contribution in [0.3, 0.4) is 0 Å². The van der Waals surface area contributed by atoms with E-state index in [1.54, 1.807) is 43.5 Å². The van der Waals surface area contributed by atoms with Crippen LogP contribution in [0.15, 0.2) is 60.7 Å². The van der Waals surface area contributed by atoms with Gasteiger partial charge in [0.2, 0.25) is 0 Å². The van der Waals surface area contributed by atoms with Crippen molar-refractivity contribution in [2.45, 2.75) is 0 Å². The Morgan fingerprint density at radius 3 is 2.17 bits per heavy atom. The summed E-state index contributed by atoms with van der Waals surface area (Å²) in [6, 6.07) is 14.3. The number of methoxy groups -OCH3 is 2. The van der Waals surface area contributed by atoms with Crippen LogP contribution in [0.2, 0.25) is 0 Å². The normalized spacial score (nSPS) is 10.9. The number of hydrogen-bond donors (Lipinski definition) is 0. The SMILES string of the molecule is COC(=O)c1ccc(/C=C/C(=O)/C=C/c2cccc(OC)c2)cc1. The van der Waals surface area contributed by atoms with Gasteiger partial charge in [-0.25, -0.2) is 4.79 Å². The second-order valence-corrected chi connectivity index (χ2v) is 4.96. The first-order chi connectivity index (χ1) is 11.6. The van der Waals surface area contributed by atoms with Crippen molar-refractivity contribution in [1.82, 2.24) is 0 Å². The first-order valence-corrected chi connectivity index (χ1v) is 7.35. The molecule has 4 nitrogen and oxygen atoms in total. The summed E-state index contributed by atoms with van der Waals surface area (Å²) in [4.78, 5) is 23.2. The molecule has 0 fully saturated rings. The van der Waals surface area contributed by atoms with Gasteiger partial charge in [-0.2, -0.15) is 0 Å². The molecule has 2 aromatic carbocycles. The molecule has 4 heteroatoms. The molecule has 122 valence electrons. The maximum atomic E-state index is 11.9. The Balaban J connectivity index is 1.99. The minimum Gasteiger partial charge on any atom is -0.497 e. The van der Waals surface area contributed by atoms with E-state index >= 15 is 0 Å². The summed E-state index contributed by atoms with van der Waals surface area (Å²) in [5.74, 6) is 0.225. The zero-order chi connectivity index (χ0) is 17.4. The smallest absolute Gasteiger partial charge is 0.337 e. The molecule has 0 atom stereocenters. The first-order valence-electron chi connectivity index (χ1n) is 7.35. The first kappa shape index (κ1) is 17.2. The highest BCUT2D eigenvalue weighted by molar-refractivity contribution is 6.04. The van der Waals surface area contributed by atoms with Crippen molar-refractivity contribution in [3.63, 3.8) is 0 Å².